The number of hydrogen-bond acceptors (Lipinski definition) is 3. The number of thiazole rings is 1. The third-order valence-electron chi connectivity index (χ3n) is 2.69. The predicted molar refractivity (Wildman–Crippen MR) is 66.2 cm³/mol. The van der Waals surface area contributed by atoms with Crippen LogP contribution in [0.15, 0.2) is 24.4 Å². The first-order chi connectivity index (χ1) is 7.59. The summed E-state index contributed by atoms with van der Waals surface area (Å²) in [6, 6.07) is 5.81. The van der Waals surface area contributed by atoms with Crippen molar-refractivity contribution in [1.82, 2.24) is 4.98 Å². The molecule has 1 aromatic carbocycles. The Morgan fingerprint density at radius 2 is 2.00 bits per heavy atom. The Bertz CT molecular complexity index is 543. The van der Waals surface area contributed by atoms with Crippen molar-refractivity contribution in [1.29, 1.82) is 0 Å². The summed E-state index contributed by atoms with van der Waals surface area (Å²) in [6.45, 7) is 5.91. The number of hydrogen-bond donors (Lipinski definition) is 0. The number of aromatic nitrogens is 1. The van der Waals surface area contributed by atoms with E-state index in [1.165, 1.54) is 11.3 Å². The zero-order valence-electron chi connectivity index (χ0n) is 9.57. The van der Waals surface area contributed by atoms with Crippen molar-refractivity contribution in [2.45, 2.75) is 20.8 Å². The van der Waals surface area contributed by atoms with Crippen LogP contribution in [0.4, 0.5) is 0 Å². The molecule has 82 valence electrons. The van der Waals surface area contributed by atoms with E-state index in [1.807, 2.05) is 39.0 Å². The largest absolute Gasteiger partial charge is 0.288 e. The standard InChI is InChI=1S/C13H13NOS/c1-8-5-4-6-11(9(8)2)13(15)12-7-14-10(3)16-12/h4-7H,1-3H3. The van der Waals surface area contributed by atoms with E-state index in [-0.39, 0.29) is 5.78 Å². The van der Waals surface area contributed by atoms with E-state index < -0.39 is 0 Å². The van der Waals surface area contributed by atoms with Crippen molar-refractivity contribution in [2.24, 2.45) is 0 Å². The van der Waals surface area contributed by atoms with Gasteiger partial charge in [0, 0.05) is 11.8 Å². The summed E-state index contributed by atoms with van der Waals surface area (Å²) in [6.07, 6.45) is 1.66. The fourth-order valence-electron chi connectivity index (χ4n) is 1.60. The lowest BCUT2D eigenvalue weighted by molar-refractivity contribution is 0.104. The average molecular weight is 231 g/mol. The van der Waals surface area contributed by atoms with Crippen LogP contribution in [0.2, 0.25) is 0 Å². The number of carbonyl (C=O) groups excluding carboxylic acids is 1. The summed E-state index contributed by atoms with van der Waals surface area (Å²) in [7, 11) is 0. The first-order valence-electron chi connectivity index (χ1n) is 5.13. The van der Waals surface area contributed by atoms with E-state index in [0.29, 0.717) is 4.88 Å². The van der Waals surface area contributed by atoms with Crippen LogP contribution in [-0.2, 0) is 0 Å². The second-order valence-corrected chi connectivity index (χ2v) is 5.05. The molecule has 0 N–H and O–H groups in total. The maximum Gasteiger partial charge on any atom is 0.204 e. The molecule has 0 aliphatic carbocycles. The van der Waals surface area contributed by atoms with E-state index >= 15 is 0 Å². The van der Waals surface area contributed by atoms with Gasteiger partial charge in [-0.1, -0.05) is 18.2 Å². The van der Waals surface area contributed by atoms with Crippen LogP contribution in [0, 0.1) is 20.8 Å². The zero-order valence-corrected chi connectivity index (χ0v) is 10.4. The lowest BCUT2D eigenvalue weighted by Crippen LogP contribution is -2.02. The Kier molecular flexibility index (Phi) is 2.88. The van der Waals surface area contributed by atoms with Gasteiger partial charge in [-0.05, 0) is 31.9 Å². The molecule has 1 heterocycles. The number of rotatable bonds is 2. The topological polar surface area (TPSA) is 30.0 Å². The second-order valence-electron chi connectivity index (χ2n) is 3.82. The first-order valence-corrected chi connectivity index (χ1v) is 5.94. The fourth-order valence-corrected chi connectivity index (χ4v) is 2.33. The Balaban J connectivity index is 2.45. The average Bonchev–Trinajstić information content (AvgIpc) is 2.68. The molecule has 0 bridgehead atoms. The highest BCUT2D eigenvalue weighted by molar-refractivity contribution is 7.13. The van der Waals surface area contributed by atoms with Gasteiger partial charge in [-0.3, -0.25) is 4.79 Å². The van der Waals surface area contributed by atoms with Gasteiger partial charge in [0.05, 0.1) is 9.88 Å². The summed E-state index contributed by atoms with van der Waals surface area (Å²) in [5, 5.41) is 0.925. The van der Waals surface area contributed by atoms with Crippen LogP contribution in [-0.4, -0.2) is 10.8 Å². The number of aryl methyl sites for hydroxylation is 2. The van der Waals surface area contributed by atoms with Crippen molar-refractivity contribution in [3.63, 3.8) is 0 Å². The highest BCUT2D eigenvalue weighted by Gasteiger charge is 2.14. The highest BCUT2D eigenvalue weighted by Crippen LogP contribution is 2.20. The van der Waals surface area contributed by atoms with Crippen molar-refractivity contribution >= 4 is 17.1 Å². The molecule has 2 aromatic rings. The van der Waals surface area contributed by atoms with Crippen molar-refractivity contribution in [3.8, 4) is 0 Å². The lowest BCUT2D eigenvalue weighted by atomic mass is 10.00. The van der Waals surface area contributed by atoms with Gasteiger partial charge >= 0.3 is 0 Å². The molecule has 0 saturated carbocycles. The van der Waals surface area contributed by atoms with Crippen LogP contribution in [0.5, 0.6) is 0 Å². The third kappa shape index (κ3) is 1.91. The SMILES string of the molecule is Cc1ncc(C(=O)c2cccc(C)c2C)s1. The fraction of sp³-hybridized carbons (Fsp3) is 0.231. The van der Waals surface area contributed by atoms with Crippen molar-refractivity contribution in [2.75, 3.05) is 0 Å². The van der Waals surface area contributed by atoms with Crippen molar-refractivity contribution in [3.05, 3.63) is 51.0 Å². The Hall–Kier alpha value is -1.48. The first kappa shape index (κ1) is 11.0. The van der Waals surface area contributed by atoms with Gasteiger partial charge in [0.25, 0.3) is 0 Å². The molecule has 0 saturated heterocycles. The van der Waals surface area contributed by atoms with Crippen LogP contribution in [0.25, 0.3) is 0 Å². The molecule has 1 aromatic heterocycles. The maximum absolute atomic E-state index is 12.2. The van der Waals surface area contributed by atoms with Gasteiger partial charge in [0.2, 0.25) is 5.78 Å². The molecule has 0 aliphatic rings. The minimum atomic E-state index is 0.0757. The summed E-state index contributed by atoms with van der Waals surface area (Å²) >= 11 is 1.44. The van der Waals surface area contributed by atoms with E-state index in [4.69, 9.17) is 0 Å². The molecule has 0 radical (unpaired) electrons. The maximum atomic E-state index is 12.2. The summed E-state index contributed by atoms with van der Waals surface area (Å²) < 4.78 is 0. The molecular weight excluding hydrogens is 218 g/mol. The van der Waals surface area contributed by atoms with Crippen LogP contribution < -0.4 is 0 Å². The molecule has 16 heavy (non-hydrogen) atoms. The van der Waals surface area contributed by atoms with Crippen molar-refractivity contribution < 1.29 is 4.79 Å². The lowest BCUT2D eigenvalue weighted by Gasteiger charge is -2.05. The number of carbonyl (C=O) groups is 1. The molecule has 0 spiro atoms. The number of nitrogens with zero attached hydrogens (tertiary/aromatic N) is 1. The van der Waals surface area contributed by atoms with Gasteiger partial charge < -0.3 is 0 Å². The second kappa shape index (κ2) is 4.18. The molecule has 0 fully saturated rings. The zero-order chi connectivity index (χ0) is 11.7. The Labute approximate surface area is 99.0 Å². The normalized spacial score (nSPS) is 10.4. The van der Waals surface area contributed by atoms with Gasteiger partial charge in [-0.15, -0.1) is 11.3 Å². The highest BCUT2D eigenvalue weighted by atomic mass is 32.1. The smallest absolute Gasteiger partial charge is 0.204 e. The van der Waals surface area contributed by atoms with Crippen LogP contribution >= 0.6 is 11.3 Å². The van der Waals surface area contributed by atoms with E-state index in [9.17, 15) is 4.79 Å². The summed E-state index contributed by atoms with van der Waals surface area (Å²) in [5.41, 5.74) is 2.98. The molecule has 2 nitrogen and oxygen atoms in total. The predicted octanol–water partition coefficient (Wildman–Crippen LogP) is 3.30. The molecular formula is C13H13NOS. The summed E-state index contributed by atoms with van der Waals surface area (Å²) in [4.78, 5) is 17.0. The molecule has 0 unspecified atom stereocenters. The quantitative estimate of drug-likeness (QED) is 0.742. The minimum absolute atomic E-state index is 0.0757. The molecule has 0 atom stereocenters. The van der Waals surface area contributed by atoms with Crippen LogP contribution in [0.3, 0.4) is 0 Å². The number of benzene rings is 1. The molecule has 0 aliphatic heterocycles. The Morgan fingerprint density at radius 1 is 1.25 bits per heavy atom. The molecule has 0 amide bonds. The number of ketones is 1. The van der Waals surface area contributed by atoms with Gasteiger partial charge in [-0.25, -0.2) is 4.98 Å². The van der Waals surface area contributed by atoms with Gasteiger partial charge in [0.1, 0.15) is 0 Å². The van der Waals surface area contributed by atoms with Gasteiger partial charge in [0.15, 0.2) is 0 Å². The Morgan fingerprint density at radius 3 is 2.62 bits per heavy atom. The summed E-state index contributed by atoms with van der Waals surface area (Å²) in [5.74, 6) is 0.0757. The third-order valence-corrected chi connectivity index (χ3v) is 3.61. The molecule has 2 rings (SSSR count). The van der Waals surface area contributed by atoms with Gasteiger partial charge in [-0.2, -0.15) is 0 Å². The molecule has 3 heteroatoms. The van der Waals surface area contributed by atoms with E-state index in [0.717, 1.165) is 21.7 Å². The van der Waals surface area contributed by atoms with E-state index in [2.05, 4.69) is 4.98 Å². The minimum Gasteiger partial charge on any atom is -0.288 e. The van der Waals surface area contributed by atoms with Crippen LogP contribution in [0.1, 0.15) is 31.4 Å². The monoisotopic (exact) mass is 231 g/mol. The van der Waals surface area contributed by atoms with E-state index in [1.54, 1.807) is 6.20 Å².